The van der Waals surface area contributed by atoms with Crippen molar-refractivity contribution in [3.05, 3.63) is 118 Å². The molecule has 4 aromatic rings. The van der Waals surface area contributed by atoms with E-state index in [1.54, 1.807) is 51.3 Å². The standard InChI is InChI=1S/C33H30Cl2N2O6S/c1-5-41-27-16-21(11-13-26(27)40-4)30-29(32(39)42-6-2)19(3)36-33-37(30)31(38)28(44-33)15-20-8-7-9-24(14-20)43-18-22-10-12-23(34)17-25(22)35/h7-17,30H,5-6,18H2,1-4H3/b28-15-/t30-/m0/s1. The van der Waals surface area contributed by atoms with Crippen molar-refractivity contribution < 1.29 is 23.7 Å². The van der Waals surface area contributed by atoms with Crippen LogP contribution in [0.4, 0.5) is 0 Å². The van der Waals surface area contributed by atoms with Crippen LogP contribution in [0.3, 0.4) is 0 Å². The van der Waals surface area contributed by atoms with Gasteiger partial charge in [-0.1, -0.05) is 58.8 Å². The first-order valence-electron chi connectivity index (χ1n) is 13.9. The van der Waals surface area contributed by atoms with Crippen molar-refractivity contribution in [3.8, 4) is 17.2 Å². The summed E-state index contributed by atoms with van der Waals surface area (Å²) in [5, 5.41) is 1.07. The van der Waals surface area contributed by atoms with E-state index in [2.05, 4.69) is 4.99 Å². The molecule has 0 N–H and O–H groups in total. The predicted molar refractivity (Wildman–Crippen MR) is 172 cm³/mol. The number of methoxy groups -OCH3 is 1. The van der Waals surface area contributed by atoms with E-state index in [4.69, 9.17) is 42.1 Å². The summed E-state index contributed by atoms with van der Waals surface area (Å²) in [4.78, 5) is 32.4. The minimum atomic E-state index is -0.781. The van der Waals surface area contributed by atoms with Gasteiger partial charge in [0.2, 0.25) is 0 Å². The van der Waals surface area contributed by atoms with Gasteiger partial charge in [0.05, 0.1) is 42.2 Å². The van der Waals surface area contributed by atoms with E-state index >= 15 is 0 Å². The van der Waals surface area contributed by atoms with Gasteiger partial charge in [-0.25, -0.2) is 9.79 Å². The van der Waals surface area contributed by atoms with Crippen molar-refractivity contribution in [2.24, 2.45) is 4.99 Å². The van der Waals surface area contributed by atoms with E-state index in [1.807, 2.05) is 43.3 Å². The van der Waals surface area contributed by atoms with Gasteiger partial charge < -0.3 is 18.9 Å². The lowest BCUT2D eigenvalue weighted by Crippen LogP contribution is -2.40. The van der Waals surface area contributed by atoms with Crippen LogP contribution in [0.5, 0.6) is 17.2 Å². The fraction of sp³-hybridized carbons (Fsp3) is 0.242. The second-order valence-corrected chi connectivity index (χ2v) is 11.6. The van der Waals surface area contributed by atoms with Gasteiger partial charge in [-0.2, -0.15) is 0 Å². The highest BCUT2D eigenvalue weighted by Gasteiger charge is 2.34. The van der Waals surface area contributed by atoms with Gasteiger partial charge in [0.15, 0.2) is 16.3 Å². The predicted octanol–water partition coefficient (Wildman–Crippen LogP) is 6.09. The molecule has 0 aliphatic carbocycles. The largest absolute Gasteiger partial charge is 0.493 e. The van der Waals surface area contributed by atoms with E-state index in [9.17, 15) is 9.59 Å². The second-order valence-electron chi connectivity index (χ2n) is 9.74. The number of allylic oxidation sites excluding steroid dienone is 1. The third-order valence-electron chi connectivity index (χ3n) is 6.89. The first-order chi connectivity index (χ1) is 21.2. The summed E-state index contributed by atoms with van der Waals surface area (Å²) in [5.41, 5.74) is 2.70. The normalized spacial score (nSPS) is 14.6. The molecule has 0 amide bonds. The Morgan fingerprint density at radius 2 is 1.84 bits per heavy atom. The van der Waals surface area contributed by atoms with Gasteiger partial charge >= 0.3 is 5.97 Å². The minimum absolute atomic E-state index is 0.183. The zero-order chi connectivity index (χ0) is 31.4. The lowest BCUT2D eigenvalue weighted by molar-refractivity contribution is -0.139. The maximum atomic E-state index is 14.0. The van der Waals surface area contributed by atoms with Crippen molar-refractivity contribution in [3.63, 3.8) is 0 Å². The molecule has 11 heteroatoms. The maximum Gasteiger partial charge on any atom is 0.338 e. The summed E-state index contributed by atoms with van der Waals surface area (Å²) in [6.45, 7) is 6.21. The molecule has 1 aliphatic rings. The molecule has 44 heavy (non-hydrogen) atoms. The van der Waals surface area contributed by atoms with Crippen molar-refractivity contribution in [1.82, 2.24) is 4.57 Å². The highest BCUT2D eigenvalue weighted by molar-refractivity contribution is 7.07. The Hall–Kier alpha value is -4.05. The Morgan fingerprint density at radius 1 is 1.02 bits per heavy atom. The number of esters is 1. The van der Waals surface area contributed by atoms with Crippen LogP contribution in [0.2, 0.25) is 10.0 Å². The number of hydrogen-bond donors (Lipinski definition) is 0. The summed E-state index contributed by atoms with van der Waals surface area (Å²) in [5.74, 6) is 1.12. The lowest BCUT2D eigenvalue weighted by atomic mass is 9.95. The van der Waals surface area contributed by atoms with E-state index in [1.165, 1.54) is 15.9 Å². The number of ether oxygens (including phenoxy) is 4. The smallest absolute Gasteiger partial charge is 0.338 e. The Bertz CT molecular complexity index is 1930. The average Bonchev–Trinajstić information content (AvgIpc) is 3.30. The SMILES string of the molecule is CCOC(=O)C1=C(C)N=c2s/c(=C\c3cccc(OCc4ccc(Cl)cc4Cl)c3)c(=O)n2[C@H]1c1ccc(OC)c(OCC)c1. The summed E-state index contributed by atoms with van der Waals surface area (Å²) in [6, 6.07) is 17.2. The molecule has 0 saturated heterocycles. The van der Waals surface area contributed by atoms with E-state index in [-0.39, 0.29) is 24.3 Å². The van der Waals surface area contributed by atoms with Crippen molar-refractivity contribution in [1.29, 1.82) is 0 Å². The monoisotopic (exact) mass is 652 g/mol. The minimum Gasteiger partial charge on any atom is -0.493 e. The number of halogens is 2. The fourth-order valence-corrected chi connectivity index (χ4v) is 6.39. The first-order valence-corrected chi connectivity index (χ1v) is 15.5. The number of hydrogen-bond acceptors (Lipinski definition) is 8. The van der Waals surface area contributed by atoms with Gasteiger partial charge in [-0.15, -0.1) is 0 Å². The van der Waals surface area contributed by atoms with Crippen LogP contribution in [0.25, 0.3) is 6.08 Å². The zero-order valence-corrected chi connectivity index (χ0v) is 26.9. The Labute approximate surface area is 268 Å². The summed E-state index contributed by atoms with van der Waals surface area (Å²) in [6.07, 6.45) is 1.78. The molecule has 8 nitrogen and oxygen atoms in total. The maximum absolute atomic E-state index is 14.0. The molecule has 0 bridgehead atoms. The van der Waals surface area contributed by atoms with Gasteiger partial charge in [-0.05, 0) is 74.4 Å². The molecule has 5 rings (SSSR count). The molecule has 0 spiro atoms. The van der Waals surface area contributed by atoms with Gasteiger partial charge in [0.1, 0.15) is 12.4 Å². The summed E-state index contributed by atoms with van der Waals surface area (Å²) < 4.78 is 24.6. The number of carbonyl (C=O) groups is 1. The number of nitrogens with zero attached hydrogens (tertiary/aromatic N) is 2. The molecule has 0 unspecified atom stereocenters. The molecule has 2 heterocycles. The first kappa shape index (κ1) is 31.4. The topological polar surface area (TPSA) is 88.4 Å². The zero-order valence-electron chi connectivity index (χ0n) is 24.6. The van der Waals surface area contributed by atoms with Crippen LogP contribution in [-0.2, 0) is 16.1 Å². The van der Waals surface area contributed by atoms with Gasteiger partial charge in [0.25, 0.3) is 5.56 Å². The van der Waals surface area contributed by atoms with Crippen molar-refractivity contribution >= 4 is 46.6 Å². The van der Waals surface area contributed by atoms with Crippen LogP contribution in [0, 0.1) is 0 Å². The van der Waals surface area contributed by atoms with Crippen LogP contribution < -0.4 is 29.1 Å². The number of aromatic nitrogens is 1. The highest BCUT2D eigenvalue weighted by Crippen LogP contribution is 2.36. The molecule has 1 aliphatic heterocycles. The molecule has 1 aromatic heterocycles. The van der Waals surface area contributed by atoms with E-state index in [0.717, 1.165) is 11.1 Å². The van der Waals surface area contributed by atoms with Crippen LogP contribution in [0.15, 0.2) is 81.7 Å². The molecule has 228 valence electrons. The molecule has 3 aromatic carbocycles. The molecule has 0 radical (unpaired) electrons. The molecule has 1 atom stereocenters. The highest BCUT2D eigenvalue weighted by atomic mass is 35.5. The average molecular weight is 654 g/mol. The van der Waals surface area contributed by atoms with Crippen LogP contribution >= 0.6 is 34.5 Å². The number of fused-ring (bicyclic) bond motifs is 1. The third-order valence-corrected chi connectivity index (χ3v) is 8.46. The molecular weight excluding hydrogens is 623 g/mol. The van der Waals surface area contributed by atoms with E-state index in [0.29, 0.717) is 54.5 Å². The Morgan fingerprint density at radius 3 is 2.57 bits per heavy atom. The van der Waals surface area contributed by atoms with Crippen LogP contribution in [-0.4, -0.2) is 30.9 Å². The summed E-state index contributed by atoms with van der Waals surface area (Å²) in [7, 11) is 1.56. The molecule has 0 fully saturated rings. The third kappa shape index (κ3) is 6.55. The Balaban J connectivity index is 1.56. The van der Waals surface area contributed by atoms with E-state index < -0.39 is 12.0 Å². The lowest BCUT2D eigenvalue weighted by Gasteiger charge is -2.25. The Kier molecular flexibility index (Phi) is 9.78. The number of benzene rings is 3. The quantitative estimate of drug-likeness (QED) is 0.193. The fourth-order valence-electron chi connectivity index (χ4n) is 4.88. The van der Waals surface area contributed by atoms with Crippen LogP contribution in [0.1, 0.15) is 43.5 Å². The molecular formula is C33H30Cl2N2O6S. The molecule has 0 saturated carbocycles. The summed E-state index contributed by atoms with van der Waals surface area (Å²) >= 11 is 13.5. The van der Waals surface area contributed by atoms with Crippen molar-refractivity contribution in [2.75, 3.05) is 20.3 Å². The second kappa shape index (κ2) is 13.7. The van der Waals surface area contributed by atoms with Gasteiger partial charge in [-0.3, -0.25) is 9.36 Å². The van der Waals surface area contributed by atoms with Gasteiger partial charge in [0, 0.05) is 15.6 Å². The number of rotatable bonds is 10. The number of carbonyl (C=O) groups excluding carboxylic acids is 1. The number of thiazole rings is 1. The van der Waals surface area contributed by atoms with Crippen molar-refractivity contribution in [2.45, 2.75) is 33.4 Å².